The van der Waals surface area contributed by atoms with Crippen LogP contribution in [-0.2, 0) is 0 Å². The van der Waals surface area contributed by atoms with Crippen molar-refractivity contribution in [3.63, 3.8) is 0 Å². The first kappa shape index (κ1) is 31.9. The molecule has 1 N–H and O–H groups in total. The number of terminal acetylenes is 1. The Morgan fingerprint density at radius 1 is 0.736 bits per heavy atom. The first-order chi connectivity index (χ1) is 26.2. The molecule has 0 fully saturated rings. The Hall–Kier alpha value is -7.01. The van der Waals surface area contributed by atoms with Gasteiger partial charge in [-0.15, -0.1) is 6.42 Å². The number of benzene rings is 6. The molecule has 1 aromatic heterocycles. The summed E-state index contributed by atoms with van der Waals surface area (Å²) in [5, 5.41) is 5.72. The number of rotatable bonds is 5. The second kappa shape index (κ2) is 13.6. The van der Waals surface area contributed by atoms with Gasteiger partial charge in [0.1, 0.15) is 0 Å². The minimum Gasteiger partial charge on any atom is -0.284 e. The Balaban J connectivity index is 1.17. The molecule has 9 rings (SSSR count). The molecule has 2 aliphatic heterocycles. The predicted octanol–water partition coefficient (Wildman–Crippen LogP) is 9.32. The van der Waals surface area contributed by atoms with Gasteiger partial charge in [0, 0.05) is 16.8 Å². The second-order valence-electron chi connectivity index (χ2n) is 13.3. The third kappa shape index (κ3) is 5.68. The number of hydrogen-bond acceptors (Lipinski definition) is 2. The van der Waals surface area contributed by atoms with Gasteiger partial charge in [-0.1, -0.05) is 162 Å². The highest BCUT2D eigenvalue weighted by Crippen LogP contribution is 2.36. The molecular weight excluding hydrogens is 641 g/mol. The van der Waals surface area contributed by atoms with Crippen LogP contribution in [0.1, 0.15) is 24.0 Å². The van der Waals surface area contributed by atoms with Gasteiger partial charge in [0.05, 0.1) is 22.6 Å². The highest BCUT2D eigenvalue weighted by atomic mass is 15.2. The number of para-hydroxylation sites is 1. The average Bonchev–Trinajstić information content (AvgIpc) is 3.71. The quantitative estimate of drug-likeness (QED) is 0.110. The topological polar surface area (TPSA) is 29.3 Å². The van der Waals surface area contributed by atoms with Gasteiger partial charge in [-0.25, -0.2) is 4.99 Å². The third-order valence-corrected chi connectivity index (χ3v) is 10.4. The van der Waals surface area contributed by atoms with Gasteiger partial charge in [0.2, 0.25) is 12.7 Å². The summed E-state index contributed by atoms with van der Waals surface area (Å²) in [6.07, 6.45) is 13.8. The van der Waals surface area contributed by atoms with Crippen molar-refractivity contribution in [3.05, 3.63) is 186 Å². The summed E-state index contributed by atoms with van der Waals surface area (Å²) in [4.78, 5) is 5.32. The van der Waals surface area contributed by atoms with E-state index in [1.54, 1.807) is 6.08 Å². The zero-order valence-corrected chi connectivity index (χ0v) is 29.3. The molecule has 0 saturated heterocycles. The smallest absolute Gasteiger partial charge is 0.242 e. The van der Waals surface area contributed by atoms with Crippen LogP contribution >= 0.6 is 0 Å². The molecule has 0 spiro atoms. The second-order valence-corrected chi connectivity index (χ2v) is 13.3. The van der Waals surface area contributed by atoms with Gasteiger partial charge in [0.25, 0.3) is 0 Å². The Morgan fingerprint density at radius 2 is 1.43 bits per heavy atom. The molecular formula is C49H34BN3. The van der Waals surface area contributed by atoms with Crippen molar-refractivity contribution in [2.75, 3.05) is 0 Å². The summed E-state index contributed by atoms with van der Waals surface area (Å²) < 4.78 is 2.20. The maximum Gasteiger partial charge on any atom is 0.242 e. The largest absolute Gasteiger partial charge is 0.284 e. The van der Waals surface area contributed by atoms with Crippen LogP contribution in [-0.4, -0.2) is 17.2 Å². The van der Waals surface area contributed by atoms with Crippen LogP contribution in [0.5, 0.6) is 0 Å². The minimum absolute atomic E-state index is 0.108. The Bertz CT molecular complexity index is 2780. The van der Waals surface area contributed by atoms with Gasteiger partial charge in [-0.3, -0.25) is 9.88 Å². The van der Waals surface area contributed by atoms with Crippen LogP contribution in [0.4, 0.5) is 0 Å². The normalized spacial score (nSPS) is 17.0. The summed E-state index contributed by atoms with van der Waals surface area (Å²) in [5.41, 5.74) is 13.8. The summed E-state index contributed by atoms with van der Waals surface area (Å²) in [6.45, 7) is 2.23. The number of nitrogens with one attached hydrogen (secondary N) is 1. The maximum absolute atomic E-state index is 5.61. The van der Waals surface area contributed by atoms with Gasteiger partial charge < -0.3 is 0 Å². The number of hydrogen-bond donors (Lipinski definition) is 1. The van der Waals surface area contributed by atoms with E-state index in [1.807, 2.05) is 12.1 Å². The predicted molar refractivity (Wildman–Crippen MR) is 224 cm³/mol. The Morgan fingerprint density at radius 3 is 2.26 bits per heavy atom. The van der Waals surface area contributed by atoms with E-state index in [4.69, 9.17) is 11.4 Å². The number of aromatic nitrogens is 1. The molecule has 4 heteroatoms. The Labute approximate surface area is 310 Å². The zero-order chi connectivity index (χ0) is 35.7. The van der Waals surface area contributed by atoms with E-state index in [1.165, 1.54) is 33.1 Å². The fourth-order valence-corrected chi connectivity index (χ4v) is 7.89. The number of aliphatic imine (C=N–C) groups is 1. The lowest BCUT2D eigenvalue weighted by molar-refractivity contribution is 1.08. The highest BCUT2D eigenvalue weighted by Gasteiger charge is 2.33. The van der Waals surface area contributed by atoms with E-state index in [9.17, 15) is 0 Å². The van der Waals surface area contributed by atoms with E-state index in [0.29, 0.717) is 5.96 Å². The van der Waals surface area contributed by atoms with E-state index >= 15 is 0 Å². The van der Waals surface area contributed by atoms with Crippen LogP contribution in [0.3, 0.4) is 0 Å². The molecule has 3 heterocycles. The molecule has 1 unspecified atom stereocenters. The van der Waals surface area contributed by atoms with Crippen molar-refractivity contribution >= 4 is 51.1 Å². The van der Waals surface area contributed by atoms with Gasteiger partial charge >= 0.3 is 0 Å². The van der Waals surface area contributed by atoms with Gasteiger partial charge in [-0.05, 0) is 76.7 Å². The average molecular weight is 676 g/mol. The molecule has 0 bridgehead atoms. The fourth-order valence-electron chi connectivity index (χ4n) is 7.89. The molecule has 0 aliphatic carbocycles. The third-order valence-electron chi connectivity index (χ3n) is 10.4. The molecule has 6 aromatic carbocycles. The molecule has 2 aliphatic rings. The van der Waals surface area contributed by atoms with Crippen molar-refractivity contribution in [1.29, 1.82) is 0 Å². The van der Waals surface area contributed by atoms with Crippen LogP contribution in [0, 0.1) is 24.3 Å². The molecule has 7 aromatic rings. The molecule has 3 nitrogen and oxygen atoms in total. The number of fused-ring (bicyclic) bond motifs is 6. The van der Waals surface area contributed by atoms with Crippen LogP contribution in [0.15, 0.2) is 180 Å². The highest BCUT2D eigenvalue weighted by molar-refractivity contribution is 6.95. The van der Waals surface area contributed by atoms with Crippen molar-refractivity contribution in [1.82, 2.24) is 9.88 Å². The summed E-state index contributed by atoms with van der Waals surface area (Å²) in [6, 6.07) is 54.9. The molecule has 1 atom stereocenters. The number of nitrogens with zero attached hydrogens (tertiary/aromatic N) is 2. The lowest BCUT2D eigenvalue weighted by Gasteiger charge is -2.16. The van der Waals surface area contributed by atoms with E-state index in [0.717, 1.165) is 44.2 Å². The van der Waals surface area contributed by atoms with Crippen molar-refractivity contribution < 1.29 is 0 Å². The first-order valence-corrected chi connectivity index (χ1v) is 18.0. The monoisotopic (exact) mass is 675 g/mol. The molecule has 53 heavy (non-hydrogen) atoms. The van der Waals surface area contributed by atoms with Crippen molar-refractivity contribution in [2.45, 2.75) is 12.8 Å². The fraction of sp³-hybridized carbons (Fsp3) is 0.0408. The molecule has 248 valence electrons. The standard InChI is InChI=1S/C49H34BN3/c1-3-5-20-39(4-2)50-44-23-14-12-21-40(44)42-31-36(25-27-45(42)50)37-26-28-48-43(32-37)41-22-13-15-24-47(41)53(48)49-51-30-29-38(34-16-8-6-9-17-34)33-46(52-49)35-18-10-7-11-19-35/h1,4-28,31-33,38H,2H3,(H,51,52)/b20-5-,39-4+,46-33-. The van der Waals surface area contributed by atoms with Gasteiger partial charge in [0.15, 0.2) is 0 Å². The van der Waals surface area contributed by atoms with E-state index in [-0.39, 0.29) is 12.6 Å². The summed E-state index contributed by atoms with van der Waals surface area (Å²) in [5.74, 6) is 6.68. The lowest BCUT2D eigenvalue weighted by Crippen LogP contribution is -2.39. The van der Waals surface area contributed by atoms with Crippen LogP contribution < -0.4 is 16.2 Å². The van der Waals surface area contributed by atoms with Crippen LogP contribution in [0.2, 0.25) is 0 Å². The summed E-state index contributed by atoms with van der Waals surface area (Å²) in [7, 11) is 0. The SMILES string of the molecule is C#C/C=C\C(=C/C)B1c2ccccc2-c2cc(-c3ccc4c(c3)c3ccccc3n4/C3=N/C(c4ccccc4)=C\C(c4ccccc4)C#CN3)ccc21. The first-order valence-electron chi connectivity index (χ1n) is 18.0. The maximum atomic E-state index is 5.61. The van der Waals surface area contributed by atoms with Gasteiger partial charge in [-0.2, -0.15) is 0 Å². The van der Waals surface area contributed by atoms with Crippen molar-refractivity contribution in [3.8, 4) is 46.6 Å². The minimum atomic E-state index is -0.108. The van der Waals surface area contributed by atoms with Crippen LogP contribution in [0.25, 0.3) is 49.8 Å². The van der Waals surface area contributed by atoms with E-state index in [2.05, 4.69) is 186 Å². The number of allylic oxidation sites excluding steroid dienone is 5. The summed E-state index contributed by atoms with van der Waals surface area (Å²) >= 11 is 0. The lowest BCUT2D eigenvalue weighted by atomic mass is 9.38. The Kier molecular flexibility index (Phi) is 8.20. The zero-order valence-electron chi connectivity index (χ0n) is 29.3. The molecule has 0 saturated carbocycles. The van der Waals surface area contributed by atoms with E-state index < -0.39 is 0 Å². The van der Waals surface area contributed by atoms with Crippen molar-refractivity contribution in [2.24, 2.45) is 4.99 Å². The molecule has 0 amide bonds. The molecule has 0 radical (unpaired) electrons.